The van der Waals surface area contributed by atoms with Crippen molar-refractivity contribution in [2.24, 2.45) is 11.8 Å². The van der Waals surface area contributed by atoms with Gasteiger partial charge in [0.1, 0.15) is 0 Å². The number of nitrogens with one attached hydrogen (secondary N) is 1. The summed E-state index contributed by atoms with van der Waals surface area (Å²) in [5, 5.41) is 3.00. The second kappa shape index (κ2) is 9.66. The molecule has 1 saturated heterocycles. The molecule has 1 aliphatic rings. The maximum Gasteiger partial charge on any atom is 0.251 e. The molecule has 5 nitrogen and oxygen atoms in total. The second-order valence-corrected chi connectivity index (χ2v) is 7.11. The third-order valence-corrected chi connectivity index (χ3v) is 4.61. The predicted molar refractivity (Wildman–Crippen MR) is 100 cm³/mol. The molecule has 0 bridgehead atoms. The van der Waals surface area contributed by atoms with Gasteiger partial charge in [-0.2, -0.15) is 0 Å². The molecule has 0 saturated carbocycles. The number of hydrogen-bond acceptors (Lipinski definition) is 4. The summed E-state index contributed by atoms with van der Waals surface area (Å²) in [6.45, 7) is 11.2. The molecule has 1 aliphatic heterocycles. The van der Waals surface area contributed by atoms with Crippen LogP contribution in [0.15, 0.2) is 18.2 Å². The number of nitrogens with zero attached hydrogens (tertiary/aromatic N) is 1. The lowest BCUT2D eigenvalue weighted by Crippen LogP contribution is -2.40. The SMILES string of the molecule is CCOc1ccc(C(=O)NCCCN2C[C@H](C)C[C@@H](C)C2)cc1OC. The smallest absolute Gasteiger partial charge is 0.251 e. The molecule has 0 unspecified atom stereocenters. The molecule has 1 aromatic carbocycles. The molecule has 2 rings (SSSR count). The molecule has 0 spiro atoms. The molecule has 1 fully saturated rings. The zero-order valence-corrected chi connectivity index (χ0v) is 16.0. The molecule has 2 atom stereocenters. The Morgan fingerprint density at radius 1 is 1.24 bits per heavy atom. The van der Waals surface area contributed by atoms with Gasteiger partial charge in [0.05, 0.1) is 13.7 Å². The molecule has 1 N–H and O–H groups in total. The average molecular weight is 348 g/mol. The van der Waals surface area contributed by atoms with Gasteiger partial charge in [-0.05, 0) is 56.3 Å². The van der Waals surface area contributed by atoms with Gasteiger partial charge in [0.25, 0.3) is 5.91 Å². The van der Waals surface area contributed by atoms with Gasteiger partial charge in [-0.3, -0.25) is 4.79 Å². The van der Waals surface area contributed by atoms with E-state index in [1.807, 2.05) is 6.92 Å². The van der Waals surface area contributed by atoms with Crippen molar-refractivity contribution in [3.8, 4) is 11.5 Å². The van der Waals surface area contributed by atoms with E-state index in [0.29, 0.717) is 30.2 Å². The van der Waals surface area contributed by atoms with Crippen molar-refractivity contribution < 1.29 is 14.3 Å². The van der Waals surface area contributed by atoms with Crippen molar-refractivity contribution in [2.45, 2.75) is 33.6 Å². The van der Waals surface area contributed by atoms with E-state index >= 15 is 0 Å². The molecule has 1 amide bonds. The van der Waals surface area contributed by atoms with Crippen LogP contribution in [0.1, 0.15) is 44.0 Å². The predicted octanol–water partition coefficient (Wildman–Crippen LogP) is 3.19. The molecule has 1 heterocycles. The molecule has 0 radical (unpaired) electrons. The molecule has 0 aliphatic carbocycles. The summed E-state index contributed by atoms with van der Waals surface area (Å²) in [5.41, 5.74) is 0.598. The molecule has 140 valence electrons. The lowest BCUT2D eigenvalue weighted by molar-refractivity contribution is 0.0947. The number of hydrogen-bond donors (Lipinski definition) is 1. The zero-order chi connectivity index (χ0) is 18.2. The van der Waals surface area contributed by atoms with Crippen molar-refractivity contribution in [3.05, 3.63) is 23.8 Å². The third-order valence-electron chi connectivity index (χ3n) is 4.61. The molecule has 25 heavy (non-hydrogen) atoms. The standard InChI is InChI=1S/C20H32N2O3/c1-5-25-18-8-7-17(12-19(18)24-4)20(23)21-9-6-10-22-13-15(2)11-16(3)14-22/h7-8,12,15-16H,5-6,9-11,13-14H2,1-4H3,(H,21,23)/t15-,16-/m1/s1. The minimum absolute atomic E-state index is 0.0678. The summed E-state index contributed by atoms with van der Waals surface area (Å²) < 4.78 is 10.8. The zero-order valence-electron chi connectivity index (χ0n) is 16.0. The summed E-state index contributed by atoms with van der Waals surface area (Å²) in [6.07, 6.45) is 2.30. The Morgan fingerprint density at radius 3 is 2.60 bits per heavy atom. The quantitative estimate of drug-likeness (QED) is 0.733. The van der Waals surface area contributed by atoms with Crippen LogP contribution in [0.4, 0.5) is 0 Å². The number of benzene rings is 1. The van der Waals surface area contributed by atoms with Crippen molar-refractivity contribution in [1.29, 1.82) is 0 Å². The van der Waals surface area contributed by atoms with E-state index in [1.54, 1.807) is 25.3 Å². The van der Waals surface area contributed by atoms with Gasteiger partial charge in [-0.25, -0.2) is 0 Å². The van der Waals surface area contributed by atoms with Gasteiger partial charge in [-0.15, -0.1) is 0 Å². The van der Waals surface area contributed by atoms with Crippen LogP contribution < -0.4 is 14.8 Å². The van der Waals surface area contributed by atoms with Crippen molar-refractivity contribution in [2.75, 3.05) is 39.9 Å². The first-order valence-electron chi connectivity index (χ1n) is 9.34. The van der Waals surface area contributed by atoms with Crippen LogP contribution in [0.25, 0.3) is 0 Å². The minimum Gasteiger partial charge on any atom is -0.493 e. The number of rotatable bonds is 8. The molecule has 1 aromatic rings. The van der Waals surface area contributed by atoms with Gasteiger partial charge in [0.2, 0.25) is 0 Å². The maximum absolute atomic E-state index is 12.3. The van der Waals surface area contributed by atoms with E-state index in [1.165, 1.54) is 19.5 Å². The lowest BCUT2D eigenvalue weighted by Gasteiger charge is -2.34. The summed E-state index contributed by atoms with van der Waals surface area (Å²) in [7, 11) is 1.58. The van der Waals surface area contributed by atoms with Crippen LogP contribution in [0.3, 0.4) is 0 Å². The monoisotopic (exact) mass is 348 g/mol. The van der Waals surface area contributed by atoms with E-state index in [0.717, 1.165) is 24.8 Å². The Kier molecular flexibility index (Phi) is 7.56. The van der Waals surface area contributed by atoms with Crippen molar-refractivity contribution in [1.82, 2.24) is 10.2 Å². The fraction of sp³-hybridized carbons (Fsp3) is 0.650. The van der Waals surface area contributed by atoms with Gasteiger partial charge in [-0.1, -0.05) is 13.8 Å². The van der Waals surface area contributed by atoms with E-state index < -0.39 is 0 Å². The first-order valence-corrected chi connectivity index (χ1v) is 9.34. The Morgan fingerprint density at radius 2 is 1.96 bits per heavy atom. The summed E-state index contributed by atoms with van der Waals surface area (Å²) >= 11 is 0. The van der Waals surface area contributed by atoms with Crippen LogP contribution in [0.5, 0.6) is 11.5 Å². The number of methoxy groups -OCH3 is 1. The number of piperidine rings is 1. The highest BCUT2D eigenvalue weighted by Crippen LogP contribution is 2.28. The maximum atomic E-state index is 12.3. The highest BCUT2D eigenvalue weighted by molar-refractivity contribution is 5.94. The third kappa shape index (κ3) is 5.92. The van der Waals surface area contributed by atoms with E-state index in [-0.39, 0.29) is 5.91 Å². The minimum atomic E-state index is -0.0678. The number of likely N-dealkylation sites (tertiary alicyclic amines) is 1. The average Bonchev–Trinajstić information content (AvgIpc) is 2.58. The fourth-order valence-electron chi connectivity index (χ4n) is 3.66. The van der Waals surface area contributed by atoms with Crippen molar-refractivity contribution in [3.63, 3.8) is 0 Å². The number of amides is 1. The van der Waals surface area contributed by atoms with E-state index in [4.69, 9.17) is 9.47 Å². The van der Waals surface area contributed by atoms with Gasteiger partial charge in [0, 0.05) is 25.2 Å². The van der Waals surface area contributed by atoms with Gasteiger partial charge < -0.3 is 19.7 Å². The Labute approximate surface area is 151 Å². The summed E-state index contributed by atoms with van der Waals surface area (Å²) in [6, 6.07) is 5.29. The van der Waals surface area contributed by atoms with Crippen LogP contribution in [0.2, 0.25) is 0 Å². The molecule has 5 heteroatoms. The van der Waals surface area contributed by atoms with E-state index in [9.17, 15) is 4.79 Å². The summed E-state index contributed by atoms with van der Waals surface area (Å²) in [4.78, 5) is 14.8. The summed E-state index contributed by atoms with van der Waals surface area (Å²) in [5.74, 6) is 2.73. The van der Waals surface area contributed by atoms with Gasteiger partial charge in [0.15, 0.2) is 11.5 Å². The molecular formula is C20H32N2O3. The number of carbonyl (C=O) groups is 1. The second-order valence-electron chi connectivity index (χ2n) is 7.11. The topological polar surface area (TPSA) is 50.8 Å². The van der Waals surface area contributed by atoms with Crippen LogP contribution in [-0.4, -0.2) is 50.7 Å². The fourth-order valence-corrected chi connectivity index (χ4v) is 3.66. The Bertz CT molecular complexity index is 552. The Balaban J connectivity index is 1.78. The normalized spacial score (nSPS) is 21.0. The van der Waals surface area contributed by atoms with Gasteiger partial charge >= 0.3 is 0 Å². The van der Waals surface area contributed by atoms with Crippen molar-refractivity contribution >= 4 is 5.91 Å². The van der Waals surface area contributed by atoms with Crippen LogP contribution >= 0.6 is 0 Å². The molecule has 0 aromatic heterocycles. The van der Waals surface area contributed by atoms with Crippen LogP contribution in [-0.2, 0) is 0 Å². The first kappa shape index (κ1) is 19.6. The first-order chi connectivity index (χ1) is 12.0. The van der Waals surface area contributed by atoms with Crippen LogP contribution in [0, 0.1) is 11.8 Å². The van der Waals surface area contributed by atoms with E-state index in [2.05, 4.69) is 24.1 Å². The highest BCUT2D eigenvalue weighted by Gasteiger charge is 2.21. The molecular weight excluding hydrogens is 316 g/mol. The number of carbonyl (C=O) groups excluding carboxylic acids is 1. The number of ether oxygens (including phenoxy) is 2. The lowest BCUT2D eigenvalue weighted by atomic mass is 9.92. The Hall–Kier alpha value is -1.75. The highest BCUT2D eigenvalue weighted by atomic mass is 16.5. The largest absolute Gasteiger partial charge is 0.493 e.